The highest BCUT2D eigenvalue weighted by atomic mass is 16.6. The molecule has 0 saturated heterocycles. The maximum Gasteiger partial charge on any atom is 0.309 e. The number of anilines is 1. The van der Waals surface area contributed by atoms with Crippen LogP contribution < -0.4 is 10.1 Å². The first-order valence-electron chi connectivity index (χ1n) is 6.71. The van der Waals surface area contributed by atoms with Crippen LogP contribution in [-0.2, 0) is 14.3 Å². The van der Waals surface area contributed by atoms with Crippen molar-refractivity contribution >= 4 is 23.3 Å². The first-order valence-corrected chi connectivity index (χ1v) is 6.71. The number of carbonyl (C=O) groups is 2. The summed E-state index contributed by atoms with van der Waals surface area (Å²) >= 11 is 0. The van der Waals surface area contributed by atoms with E-state index in [1.54, 1.807) is 0 Å². The summed E-state index contributed by atoms with van der Waals surface area (Å²) in [5.41, 5.74) is 0.123. The largest absolute Gasteiger partial charge is 0.494 e. The summed E-state index contributed by atoms with van der Waals surface area (Å²) in [6, 6.07) is 3.81. The second-order valence-corrected chi connectivity index (χ2v) is 5.12. The summed E-state index contributed by atoms with van der Waals surface area (Å²) in [5, 5.41) is 13.2. The average Bonchev–Trinajstić information content (AvgIpc) is 3.22. The minimum absolute atomic E-state index is 0.110. The normalized spacial score (nSPS) is 19.2. The van der Waals surface area contributed by atoms with Crippen LogP contribution >= 0.6 is 0 Å². The summed E-state index contributed by atoms with van der Waals surface area (Å²) < 4.78 is 9.90. The van der Waals surface area contributed by atoms with Crippen LogP contribution in [0, 0.1) is 22.0 Å². The number of nitro groups is 1. The van der Waals surface area contributed by atoms with Crippen molar-refractivity contribution in [3.63, 3.8) is 0 Å². The fourth-order valence-corrected chi connectivity index (χ4v) is 1.98. The number of nitrogens with one attached hydrogen (secondary N) is 1. The van der Waals surface area contributed by atoms with Crippen LogP contribution in [-0.4, -0.2) is 30.5 Å². The van der Waals surface area contributed by atoms with Crippen molar-refractivity contribution < 1.29 is 24.0 Å². The minimum Gasteiger partial charge on any atom is -0.494 e. The molecule has 0 unspecified atom stereocenters. The lowest BCUT2D eigenvalue weighted by molar-refractivity contribution is -0.384. The van der Waals surface area contributed by atoms with E-state index in [4.69, 9.17) is 9.47 Å². The zero-order valence-electron chi connectivity index (χ0n) is 12.2. The van der Waals surface area contributed by atoms with Crippen molar-refractivity contribution in [1.29, 1.82) is 0 Å². The van der Waals surface area contributed by atoms with Crippen LogP contribution in [0.3, 0.4) is 0 Å². The Hall–Kier alpha value is -2.64. The number of benzene rings is 1. The standard InChI is InChI=1S/C14H16N2O6/c1-8-5-10(8)14(18)22-7-13(17)15-11-4-3-9(16(19)20)6-12(11)21-2/h3-4,6,8,10H,5,7H2,1-2H3,(H,15,17)/t8-,10-/m1/s1. The van der Waals surface area contributed by atoms with Crippen LogP contribution in [0.25, 0.3) is 0 Å². The van der Waals surface area contributed by atoms with Gasteiger partial charge in [-0.15, -0.1) is 0 Å². The number of hydrogen-bond acceptors (Lipinski definition) is 6. The van der Waals surface area contributed by atoms with Crippen LogP contribution in [0.2, 0.25) is 0 Å². The molecule has 2 atom stereocenters. The van der Waals surface area contributed by atoms with E-state index in [9.17, 15) is 19.7 Å². The van der Waals surface area contributed by atoms with E-state index < -0.39 is 17.4 Å². The Balaban J connectivity index is 1.93. The number of nitro benzene ring substituents is 1. The van der Waals surface area contributed by atoms with Crippen molar-refractivity contribution in [1.82, 2.24) is 0 Å². The van der Waals surface area contributed by atoms with Crippen LogP contribution in [0.4, 0.5) is 11.4 Å². The lowest BCUT2D eigenvalue weighted by Crippen LogP contribution is -2.22. The summed E-state index contributed by atoms with van der Waals surface area (Å²) in [4.78, 5) is 33.4. The lowest BCUT2D eigenvalue weighted by atomic mass is 10.2. The Kier molecular flexibility index (Phi) is 4.59. The highest BCUT2D eigenvalue weighted by Crippen LogP contribution is 2.38. The molecule has 118 valence electrons. The van der Waals surface area contributed by atoms with Gasteiger partial charge in [-0.25, -0.2) is 0 Å². The van der Waals surface area contributed by atoms with Gasteiger partial charge in [-0.2, -0.15) is 0 Å². The van der Waals surface area contributed by atoms with E-state index in [2.05, 4.69) is 5.32 Å². The van der Waals surface area contributed by atoms with Crippen molar-refractivity contribution in [3.05, 3.63) is 28.3 Å². The maximum atomic E-state index is 11.8. The van der Waals surface area contributed by atoms with Gasteiger partial charge in [0.15, 0.2) is 6.61 Å². The number of amides is 1. The Bertz CT molecular complexity index is 615. The van der Waals surface area contributed by atoms with Gasteiger partial charge in [-0.3, -0.25) is 19.7 Å². The van der Waals surface area contributed by atoms with Crippen molar-refractivity contribution in [2.45, 2.75) is 13.3 Å². The molecule has 0 aromatic heterocycles. The van der Waals surface area contributed by atoms with Gasteiger partial charge in [0.25, 0.3) is 11.6 Å². The Morgan fingerprint density at radius 1 is 1.45 bits per heavy atom. The number of nitrogens with zero attached hydrogens (tertiary/aromatic N) is 1. The van der Waals surface area contributed by atoms with Crippen LogP contribution in [0.5, 0.6) is 5.75 Å². The molecule has 1 aliphatic rings. The summed E-state index contributed by atoms with van der Waals surface area (Å²) in [5.74, 6) is -0.552. The smallest absolute Gasteiger partial charge is 0.309 e. The molecule has 0 radical (unpaired) electrons. The molecule has 0 spiro atoms. The zero-order valence-corrected chi connectivity index (χ0v) is 12.2. The number of hydrogen-bond donors (Lipinski definition) is 1. The van der Waals surface area contributed by atoms with E-state index in [0.29, 0.717) is 5.92 Å². The van der Waals surface area contributed by atoms with E-state index in [1.165, 1.54) is 25.3 Å². The first kappa shape index (κ1) is 15.7. The number of rotatable bonds is 6. The summed E-state index contributed by atoms with van der Waals surface area (Å²) in [7, 11) is 1.34. The number of ether oxygens (including phenoxy) is 2. The van der Waals surface area contributed by atoms with E-state index in [0.717, 1.165) is 6.42 Å². The first-order chi connectivity index (χ1) is 10.4. The van der Waals surface area contributed by atoms with Crippen molar-refractivity contribution in [2.24, 2.45) is 11.8 Å². The van der Waals surface area contributed by atoms with E-state index in [-0.39, 0.29) is 29.0 Å². The van der Waals surface area contributed by atoms with Gasteiger partial charge in [-0.1, -0.05) is 6.92 Å². The van der Waals surface area contributed by atoms with Gasteiger partial charge in [0, 0.05) is 6.07 Å². The van der Waals surface area contributed by atoms with Gasteiger partial charge in [0.2, 0.25) is 0 Å². The molecule has 1 amide bonds. The Labute approximate surface area is 126 Å². The van der Waals surface area contributed by atoms with Crippen molar-refractivity contribution in [2.75, 3.05) is 19.0 Å². The highest BCUT2D eigenvalue weighted by molar-refractivity contribution is 5.94. The molecule has 2 rings (SSSR count). The fourth-order valence-electron chi connectivity index (χ4n) is 1.98. The number of non-ortho nitro benzene ring substituents is 1. The molecule has 0 aliphatic heterocycles. The zero-order chi connectivity index (χ0) is 16.3. The number of carbonyl (C=O) groups excluding carboxylic acids is 2. The average molecular weight is 308 g/mol. The topological polar surface area (TPSA) is 108 Å². The monoisotopic (exact) mass is 308 g/mol. The molecule has 1 N–H and O–H groups in total. The minimum atomic E-state index is -0.563. The number of methoxy groups -OCH3 is 1. The molecule has 0 bridgehead atoms. The molecule has 8 nitrogen and oxygen atoms in total. The fraction of sp³-hybridized carbons (Fsp3) is 0.429. The van der Waals surface area contributed by atoms with Crippen molar-refractivity contribution in [3.8, 4) is 5.75 Å². The third kappa shape index (κ3) is 3.72. The summed E-state index contributed by atoms with van der Waals surface area (Å²) in [6.45, 7) is 1.54. The molecule has 22 heavy (non-hydrogen) atoms. The van der Waals surface area contributed by atoms with Gasteiger partial charge in [0.05, 0.1) is 29.7 Å². The molecular weight excluding hydrogens is 292 g/mol. The Morgan fingerprint density at radius 2 is 2.14 bits per heavy atom. The lowest BCUT2D eigenvalue weighted by Gasteiger charge is -2.10. The SMILES string of the molecule is COc1cc([N+](=O)[O-])ccc1NC(=O)COC(=O)[C@@H]1C[C@H]1C. The molecule has 1 aliphatic carbocycles. The molecule has 1 aromatic carbocycles. The van der Waals surface area contributed by atoms with Gasteiger partial charge in [-0.05, 0) is 18.4 Å². The van der Waals surface area contributed by atoms with E-state index >= 15 is 0 Å². The second-order valence-electron chi connectivity index (χ2n) is 5.12. The Morgan fingerprint density at radius 3 is 2.68 bits per heavy atom. The molecule has 1 aromatic rings. The predicted molar refractivity (Wildman–Crippen MR) is 76.5 cm³/mol. The van der Waals surface area contributed by atoms with E-state index in [1.807, 2.05) is 6.92 Å². The van der Waals surface area contributed by atoms with Gasteiger partial charge < -0.3 is 14.8 Å². The van der Waals surface area contributed by atoms with Crippen LogP contribution in [0.15, 0.2) is 18.2 Å². The van der Waals surface area contributed by atoms with Gasteiger partial charge in [0.1, 0.15) is 5.75 Å². The third-order valence-electron chi connectivity index (χ3n) is 3.43. The molecule has 1 saturated carbocycles. The highest BCUT2D eigenvalue weighted by Gasteiger charge is 2.40. The molecule has 8 heteroatoms. The second kappa shape index (κ2) is 6.42. The molecule has 1 fully saturated rings. The third-order valence-corrected chi connectivity index (χ3v) is 3.43. The quantitative estimate of drug-likeness (QED) is 0.487. The molecular formula is C14H16N2O6. The predicted octanol–water partition coefficient (Wildman–Crippen LogP) is 1.74. The summed E-state index contributed by atoms with van der Waals surface area (Å²) in [6.07, 6.45) is 0.788. The van der Waals surface area contributed by atoms with Gasteiger partial charge >= 0.3 is 5.97 Å². The number of esters is 1. The maximum absolute atomic E-state index is 11.8. The van der Waals surface area contributed by atoms with Crippen LogP contribution in [0.1, 0.15) is 13.3 Å². The molecule has 0 heterocycles.